The van der Waals surface area contributed by atoms with Crippen molar-refractivity contribution in [3.8, 4) is 0 Å². The number of carbonyl (C=O) groups excluding carboxylic acids is 1. The summed E-state index contributed by atoms with van der Waals surface area (Å²) in [5.74, 6) is -0.102. The molecule has 3 rings (SSSR count). The molecule has 8 nitrogen and oxygen atoms in total. The van der Waals surface area contributed by atoms with Crippen molar-refractivity contribution in [3.05, 3.63) is 51.1 Å². The van der Waals surface area contributed by atoms with E-state index in [0.29, 0.717) is 13.1 Å². The number of aryl methyl sites for hydroxylation is 1. The van der Waals surface area contributed by atoms with Crippen molar-refractivity contribution in [2.75, 3.05) is 6.54 Å². The lowest BCUT2D eigenvalue weighted by Crippen LogP contribution is -2.48. The number of hydrogen-bond donors (Lipinski definition) is 0. The maximum absolute atomic E-state index is 12.8. The van der Waals surface area contributed by atoms with Gasteiger partial charge in [0.25, 0.3) is 5.56 Å². The monoisotopic (exact) mass is 345 g/mol. The zero-order valence-corrected chi connectivity index (χ0v) is 14.6. The number of piperidine rings is 1. The quantitative estimate of drug-likeness (QED) is 0.789. The molecule has 0 aromatic carbocycles. The van der Waals surface area contributed by atoms with Crippen molar-refractivity contribution in [1.82, 2.24) is 23.8 Å². The molecular formula is C17H23N5O3. The second-order valence-corrected chi connectivity index (χ2v) is 6.60. The third-order valence-electron chi connectivity index (χ3n) is 4.67. The molecule has 1 saturated heterocycles. The first-order valence-electron chi connectivity index (χ1n) is 8.50. The molecular weight excluding hydrogens is 322 g/mol. The van der Waals surface area contributed by atoms with Crippen LogP contribution in [0.4, 0.5) is 0 Å². The second-order valence-electron chi connectivity index (χ2n) is 6.60. The number of carbonyl (C=O) groups is 1. The second kappa shape index (κ2) is 7.08. The van der Waals surface area contributed by atoms with Crippen molar-refractivity contribution < 1.29 is 4.79 Å². The minimum atomic E-state index is -0.475. The molecule has 1 amide bonds. The Bertz CT molecular complexity index is 879. The van der Waals surface area contributed by atoms with Crippen LogP contribution in [-0.4, -0.2) is 42.3 Å². The van der Waals surface area contributed by atoms with Gasteiger partial charge in [0, 0.05) is 32.1 Å². The third-order valence-corrected chi connectivity index (χ3v) is 4.67. The van der Waals surface area contributed by atoms with Gasteiger partial charge in [-0.05, 0) is 31.7 Å². The molecule has 0 saturated carbocycles. The van der Waals surface area contributed by atoms with Crippen LogP contribution in [0.3, 0.4) is 0 Å². The minimum absolute atomic E-state index is 0.0540. The highest BCUT2D eigenvalue weighted by Crippen LogP contribution is 2.19. The summed E-state index contributed by atoms with van der Waals surface area (Å²) in [6.07, 6.45) is 8.12. The van der Waals surface area contributed by atoms with Crippen molar-refractivity contribution in [2.45, 2.75) is 45.3 Å². The Morgan fingerprint density at radius 3 is 2.84 bits per heavy atom. The van der Waals surface area contributed by atoms with Gasteiger partial charge in [-0.3, -0.25) is 23.4 Å². The lowest BCUT2D eigenvalue weighted by atomic mass is 10.0. The van der Waals surface area contributed by atoms with E-state index in [2.05, 4.69) is 5.10 Å². The summed E-state index contributed by atoms with van der Waals surface area (Å²) in [6.45, 7) is 3.27. The highest BCUT2D eigenvalue weighted by atomic mass is 16.2. The molecule has 1 atom stereocenters. The molecule has 0 spiro atoms. The van der Waals surface area contributed by atoms with Crippen LogP contribution in [0.1, 0.15) is 24.8 Å². The fourth-order valence-electron chi connectivity index (χ4n) is 3.27. The van der Waals surface area contributed by atoms with Gasteiger partial charge >= 0.3 is 5.69 Å². The number of rotatable bonds is 4. The number of hydrogen-bond acceptors (Lipinski definition) is 4. The van der Waals surface area contributed by atoms with Crippen LogP contribution >= 0.6 is 0 Å². The molecule has 1 aliphatic heterocycles. The summed E-state index contributed by atoms with van der Waals surface area (Å²) < 4.78 is 4.16. The van der Waals surface area contributed by atoms with Crippen LogP contribution in [0.15, 0.2) is 34.2 Å². The molecule has 0 aliphatic carbocycles. The third kappa shape index (κ3) is 3.72. The van der Waals surface area contributed by atoms with Gasteiger partial charge in [0.15, 0.2) is 0 Å². The molecule has 0 bridgehead atoms. The lowest BCUT2D eigenvalue weighted by molar-refractivity contribution is -0.136. The Labute approximate surface area is 145 Å². The van der Waals surface area contributed by atoms with Crippen molar-refractivity contribution in [2.24, 2.45) is 7.05 Å². The van der Waals surface area contributed by atoms with E-state index >= 15 is 0 Å². The smallest absolute Gasteiger partial charge is 0.331 e. The number of aromatic nitrogens is 4. The zero-order valence-electron chi connectivity index (χ0n) is 14.6. The van der Waals surface area contributed by atoms with Crippen LogP contribution in [0.5, 0.6) is 0 Å². The van der Waals surface area contributed by atoms with E-state index in [9.17, 15) is 14.4 Å². The van der Waals surface area contributed by atoms with Gasteiger partial charge in [-0.2, -0.15) is 5.10 Å². The fraction of sp³-hybridized carbons (Fsp3) is 0.529. The lowest BCUT2D eigenvalue weighted by Gasteiger charge is -2.36. The highest BCUT2D eigenvalue weighted by molar-refractivity contribution is 5.76. The van der Waals surface area contributed by atoms with Gasteiger partial charge in [0.1, 0.15) is 6.54 Å². The van der Waals surface area contributed by atoms with Crippen molar-refractivity contribution in [1.29, 1.82) is 0 Å². The van der Waals surface area contributed by atoms with Crippen LogP contribution in [0, 0.1) is 6.92 Å². The van der Waals surface area contributed by atoms with E-state index in [-0.39, 0.29) is 24.1 Å². The maximum atomic E-state index is 12.8. The predicted molar refractivity (Wildman–Crippen MR) is 92.3 cm³/mol. The van der Waals surface area contributed by atoms with Gasteiger partial charge in [-0.1, -0.05) is 0 Å². The average molecular weight is 345 g/mol. The molecule has 1 fully saturated rings. The molecule has 1 aliphatic rings. The zero-order chi connectivity index (χ0) is 18.0. The molecule has 134 valence electrons. The minimum Gasteiger partial charge on any atom is -0.336 e. The van der Waals surface area contributed by atoms with Gasteiger partial charge in [-0.15, -0.1) is 0 Å². The van der Waals surface area contributed by atoms with E-state index in [1.165, 1.54) is 23.9 Å². The Kier molecular flexibility index (Phi) is 4.87. The largest absolute Gasteiger partial charge is 0.336 e. The summed E-state index contributed by atoms with van der Waals surface area (Å²) in [5.41, 5.74) is 0.237. The SMILES string of the molecule is Cc1cnn(C[C@H]2CCCCN2C(=O)Cn2ccc(=O)n(C)c2=O)c1. The van der Waals surface area contributed by atoms with E-state index in [4.69, 9.17) is 0 Å². The van der Waals surface area contributed by atoms with Crippen LogP contribution in [0.2, 0.25) is 0 Å². The average Bonchev–Trinajstić information content (AvgIpc) is 3.00. The van der Waals surface area contributed by atoms with E-state index < -0.39 is 5.69 Å². The molecule has 0 unspecified atom stereocenters. The number of nitrogens with zero attached hydrogens (tertiary/aromatic N) is 5. The highest BCUT2D eigenvalue weighted by Gasteiger charge is 2.27. The fourth-order valence-corrected chi connectivity index (χ4v) is 3.27. The number of amides is 1. The molecule has 0 N–H and O–H groups in total. The van der Waals surface area contributed by atoms with Crippen molar-refractivity contribution in [3.63, 3.8) is 0 Å². The molecule has 25 heavy (non-hydrogen) atoms. The summed E-state index contributed by atoms with van der Waals surface area (Å²) in [5, 5.41) is 4.31. The van der Waals surface area contributed by atoms with Gasteiger partial charge in [0.05, 0.1) is 18.8 Å². The van der Waals surface area contributed by atoms with Crippen molar-refractivity contribution >= 4 is 5.91 Å². The first kappa shape index (κ1) is 17.2. The van der Waals surface area contributed by atoms with E-state index in [1.54, 1.807) is 6.20 Å². The Balaban J connectivity index is 1.76. The Morgan fingerprint density at radius 2 is 2.12 bits per heavy atom. The summed E-state index contributed by atoms with van der Waals surface area (Å²) in [4.78, 5) is 38.2. The molecule has 8 heteroatoms. The predicted octanol–water partition coefficient (Wildman–Crippen LogP) is 0.133. The van der Waals surface area contributed by atoms with Gasteiger partial charge in [0.2, 0.25) is 5.91 Å². The summed E-state index contributed by atoms with van der Waals surface area (Å²) >= 11 is 0. The van der Waals surface area contributed by atoms with Crippen LogP contribution < -0.4 is 11.2 Å². The van der Waals surface area contributed by atoms with Gasteiger partial charge in [-0.25, -0.2) is 4.79 Å². The normalized spacial score (nSPS) is 17.7. The van der Waals surface area contributed by atoms with Gasteiger partial charge < -0.3 is 4.90 Å². The summed E-state index contributed by atoms with van der Waals surface area (Å²) in [7, 11) is 1.41. The molecule has 2 aromatic rings. The first-order chi connectivity index (χ1) is 12.0. The first-order valence-corrected chi connectivity index (χ1v) is 8.50. The van der Waals surface area contributed by atoms with E-state index in [1.807, 2.05) is 22.7 Å². The topological polar surface area (TPSA) is 82.1 Å². The van der Waals surface area contributed by atoms with Crippen LogP contribution in [0.25, 0.3) is 0 Å². The molecule has 2 aromatic heterocycles. The molecule has 3 heterocycles. The maximum Gasteiger partial charge on any atom is 0.331 e. The Morgan fingerprint density at radius 1 is 1.32 bits per heavy atom. The molecule has 0 radical (unpaired) electrons. The van der Waals surface area contributed by atoms with E-state index in [0.717, 1.165) is 29.4 Å². The Hall–Kier alpha value is -2.64. The summed E-state index contributed by atoms with van der Waals surface area (Å²) in [6, 6.07) is 1.37. The number of likely N-dealkylation sites (tertiary alicyclic amines) is 1. The van der Waals surface area contributed by atoms with Crippen LogP contribution in [-0.2, 0) is 24.9 Å². The standard InChI is InChI=1S/C17H23N5O3/c1-13-9-18-21(10-13)11-14-5-3-4-7-22(14)16(24)12-20-8-6-15(23)19(2)17(20)25/h6,8-10,14H,3-5,7,11-12H2,1-2H3/t14-/m1/s1.